The number of nitrogens with zero attached hydrogens (tertiary/aromatic N) is 7. The van der Waals surface area contributed by atoms with Gasteiger partial charge in [0, 0.05) is 32.5 Å². The highest BCUT2D eigenvalue weighted by Crippen LogP contribution is 2.12. The summed E-state index contributed by atoms with van der Waals surface area (Å²) in [4.78, 5) is 18.9. The zero-order chi connectivity index (χ0) is 14.4. The molecule has 2 heterocycles. The van der Waals surface area contributed by atoms with E-state index in [4.69, 9.17) is 5.26 Å². The van der Waals surface area contributed by atoms with Crippen molar-refractivity contribution in [1.29, 1.82) is 5.26 Å². The molecule has 0 atom stereocenters. The normalized spacial score (nSPS) is 10.1. The number of rotatable bonds is 6. The predicted molar refractivity (Wildman–Crippen MR) is 74.6 cm³/mol. The molecule has 0 aliphatic heterocycles. The van der Waals surface area contributed by atoms with E-state index in [0.29, 0.717) is 37.4 Å². The number of aromatic nitrogens is 5. The molecule has 8 heteroatoms. The molecule has 0 saturated heterocycles. The average Bonchev–Trinajstić information content (AvgIpc) is 2.99. The van der Waals surface area contributed by atoms with Crippen molar-refractivity contribution in [2.24, 2.45) is 0 Å². The maximum Gasteiger partial charge on any atom is 0.241 e. The van der Waals surface area contributed by atoms with Crippen LogP contribution in [-0.2, 0) is 0 Å². The first-order valence-electron chi connectivity index (χ1n) is 6.31. The van der Waals surface area contributed by atoms with Gasteiger partial charge in [0.05, 0.1) is 12.5 Å². The van der Waals surface area contributed by atoms with Crippen molar-refractivity contribution < 1.29 is 0 Å². The topological polar surface area (TPSA) is 95.6 Å². The first-order valence-corrected chi connectivity index (χ1v) is 6.31. The summed E-state index contributed by atoms with van der Waals surface area (Å²) >= 11 is 0. The third-order valence-electron chi connectivity index (χ3n) is 2.58. The van der Waals surface area contributed by atoms with Gasteiger partial charge in [-0.05, 0) is 6.92 Å². The van der Waals surface area contributed by atoms with Gasteiger partial charge in [-0.3, -0.25) is 4.57 Å². The second kappa shape index (κ2) is 6.47. The van der Waals surface area contributed by atoms with Crippen LogP contribution in [0.1, 0.15) is 13.3 Å². The Bertz CT molecular complexity index is 586. The van der Waals surface area contributed by atoms with Crippen LogP contribution in [0.2, 0.25) is 0 Å². The Kier molecular flexibility index (Phi) is 4.44. The van der Waals surface area contributed by atoms with E-state index >= 15 is 0 Å². The van der Waals surface area contributed by atoms with Gasteiger partial charge >= 0.3 is 0 Å². The highest BCUT2D eigenvalue weighted by molar-refractivity contribution is 5.39. The summed E-state index contributed by atoms with van der Waals surface area (Å²) in [6.07, 6.45) is 5.48. The van der Waals surface area contributed by atoms with Gasteiger partial charge in [-0.25, -0.2) is 4.98 Å². The number of imidazole rings is 1. The molecule has 0 amide bonds. The summed E-state index contributed by atoms with van der Waals surface area (Å²) in [6, 6.07) is 2.11. The van der Waals surface area contributed by atoms with Crippen LogP contribution in [0.15, 0.2) is 18.7 Å². The summed E-state index contributed by atoms with van der Waals surface area (Å²) in [5, 5.41) is 11.7. The van der Waals surface area contributed by atoms with E-state index in [-0.39, 0.29) is 0 Å². The minimum absolute atomic E-state index is 0.416. The molecule has 8 nitrogen and oxygen atoms in total. The average molecular weight is 272 g/mol. The quantitative estimate of drug-likeness (QED) is 0.832. The summed E-state index contributed by atoms with van der Waals surface area (Å²) in [6.45, 7) is 3.25. The molecule has 104 valence electrons. The van der Waals surface area contributed by atoms with Gasteiger partial charge in [-0.15, -0.1) is 0 Å². The van der Waals surface area contributed by atoms with Gasteiger partial charge in [0.2, 0.25) is 17.8 Å². The first kappa shape index (κ1) is 13.7. The van der Waals surface area contributed by atoms with Crippen molar-refractivity contribution in [1.82, 2.24) is 24.5 Å². The lowest BCUT2D eigenvalue weighted by Gasteiger charge is -2.16. The summed E-state index contributed by atoms with van der Waals surface area (Å²) in [5.41, 5.74) is 0. The number of hydrogen-bond donors (Lipinski definition) is 1. The molecule has 0 aromatic carbocycles. The van der Waals surface area contributed by atoms with Gasteiger partial charge in [0.25, 0.3) is 0 Å². The maximum atomic E-state index is 8.65. The molecule has 0 fully saturated rings. The van der Waals surface area contributed by atoms with Gasteiger partial charge in [-0.2, -0.15) is 20.2 Å². The van der Waals surface area contributed by atoms with Crippen molar-refractivity contribution in [2.75, 3.05) is 30.4 Å². The monoisotopic (exact) mass is 272 g/mol. The summed E-state index contributed by atoms with van der Waals surface area (Å²) < 4.78 is 1.71. The van der Waals surface area contributed by atoms with Crippen LogP contribution < -0.4 is 10.2 Å². The van der Waals surface area contributed by atoms with E-state index < -0.39 is 0 Å². The van der Waals surface area contributed by atoms with Crippen LogP contribution in [0.4, 0.5) is 11.9 Å². The fourth-order valence-corrected chi connectivity index (χ4v) is 1.57. The molecule has 2 aromatic heterocycles. The third kappa shape index (κ3) is 3.20. The number of nitriles is 1. The Morgan fingerprint density at radius 2 is 2.25 bits per heavy atom. The molecule has 0 saturated carbocycles. The van der Waals surface area contributed by atoms with Gasteiger partial charge in [-0.1, -0.05) is 0 Å². The van der Waals surface area contributed by atoms with E-state index in [2.05, 4.69) is 31.3 Å². The lowest BCUT2D eigenvalue weighted by atomic mass is 10.4. The number of hydrogen-bond acceptors (Lipinski definition) is 7. The highest BCUT2D eigenvalue weighted by Gasteiger charge is 2.11. The molecule has 20 heavy (non-hydrogen) atoms. The second-order valence-corrected chi connectivity index (χ2v) is 4.09. The molecule has 0 bridgehead atoms. The van der Waals surface area contributed by atoms with Gasteiger partial charge < -0.3 is 10.2 Å². The van der Waals surface area contributed by atoms with E-state index in [9.17, 15) is 0 Å². The van der Waals surface area contributed by atoms with Crippen molar-refractivity contribution in [3.8, 4) is 12.0 Å². The highest BCUT2D eigenvalue weighted by atomic mass is 15.3. The van der Waals surface area contributed by atoms with E-state index in [0.717, 1.165) is 0 Å². The van der Waals surface area contributed by atoms with Crippen molar-refractivity contribution in [2.45, 2.75) is 13.3 Å². The van der Waals surface area contributed by atoms with Crippen LogP contribution in [0.3, 0.4) is 0 Å². The fraction of sp³-hybridized carbons (Fsp3) is 0.417. The van der Waals surface area contributed by atoms with Crippen LogP contribution >= 0.6 is 0 Å². The maximum absolute atomic E-state index is 8.65. The molecule has 0 unspecified atom stereocenters. The van der Waals surface area contributed by atoms with Crippen molar-refractivity contribution >= 4 is 11.9 Å². The molecule has 2 rings (SSSR count). The molecule has 0 radical (unpaired) electrons. The zero-order valence-corrected chi connectivity index (χ0v) is 11.5. The molecule has 0 aliphatic rings. The number of nitrogens with one attached hydrogen (secondary N) is 1. The third-order valence-corrected chi connectivity index (χ3v) is 2.58. The predicted octanol–water partition coefficient (Wildman–Crippen LogP) is 0.839. The van der Waals surface area contributed by atoms with Crippen LogP contribution in [-0.4, -0.2) is 44.6 Å². The van der Waals surface area contributed by atoms with E-state index in [1.165, 1.54) is 0 Å². The Labute approximate surface area is 117 Å². The van der Waals surface area contributed by atoms with E-state index in [1.807, 2.05) is 18.9 Å². The standard InChI is InChI=1S/C12H16N8/c1-3-15-10-16-11(19(2)7-4-5-13)18-12(17-10)20-8-6-14-9-20/h6,8-9H,3-4,7H2,1-2H3,(H,15,16,17,18). The second-order valence-electron chi connectivity index (χ2n) is 4.09. The molecular weight excluding hydrogens is 256 g/mol. The Morgan fingerprint density at radius 3 is 2.90 bits per heavy atom. The molecule has 0 spiro atoms. The smallest absolute Gasteiger partial charge is 0.241 e. The van der Waals surface area contributed by atoms with Crippen LogP contribution in [0.5, 0.6) is 0 Å². The SMILES string of the molecule is CCNc1nc(N(C)CCC#N)nc(-n2ccnc2)n1. The Morgan fingerprint density at radius 1 is 1.40 bits per heavy atom. The summed E-state index contributed by atoms with van der Waals surface area (Å²) in [5.74, 6) is 1.52. The lowest BCUT2D eigenvalue weighted by Crippen LogP contribution is -2.22. The first-order chi connectivity index (χ1) is 9.74. The minimum atomic E-state index is 0.416. The van der Waals surface area contributed by atoms with Gasteiger partial charge in [0.1, 0.15) is 6.33 Å². The number of anilines is 2. The molecule has 2 aromatic rings. The van der Waals surface area contributed by atoms with Crippen LogP contribution in [0.25, 0.3) is 5.95 Å². The van der Waals surface area contributed by atoms with E-state index in [1.54, 1.807) is 23.3 Å². The fourth-order valence-electron chi connectivity index (χ4n) is 1.57. The molecule has 1 N–H and O–H groups in total. The molecule has 0 aliphatic carbocycles. The van der Waals surface area contributed by atoms with Crippen LogP contribution in [0, 0.1) is 11.3 Å². The Balaban J connectivity index is 2.33. The molecular formula is C12H16N8. The van der Waals surface area contributed by atoms with Crippen molar-refractivity contribution in [3.05, 3.63) is 18.7 Å². The largest absolute Gasteiger partial charge is 0.354 e. The minimum Gasteiger partial charge on any atom is -0.354 e. The summed E-state index contributed by atoms with van der Waals surface area (Å²) in [7, 11) is 1.85. The Hall–Kier alpha value is -2.69. The van der Waals surface area contributed by atoms with Gasteiger partial charge in [0.15, 0.2) is 0 Å². The zero-order valence-electron chi connectivity index (χ0n) is 11.5. The lowest BCUT2D eigenvalue weighted by molar-refractivity contribution is 0.820. The van der Waals surface area contributed by atoms with Crippen molar-refractivity contribution in [3.63, 3.8) is 0 Å².